The van der Waals surface area contributed by atoms with Gasteiger partial charge in [0, 0.05) is 45.3 Å². The van der Waals surface area contributed by atoms with Gasteiger partial charge in [-0.2, -0.15) is 0 Å². The van der Waals surface area contributed by atoms with E-state index in [1.807, 2.05) is 13.0 Å². The van der Waals surface area contributed by atoms with Crippen molar-refractivity contribution in [1.29, 1.82) is 0 Å². The normalized spacial score (nSPS) is 17.3. The number of hydrogen-bond acceptors (Lipinski definition) is 4. The molecular formula is C20H29N3O. The topological polar surface area (TPSA) is 32.5 Å². The zero-order chi connectivity index (χ0) is 17.2. The maximum atomic E-state index is 5.15. The van der Waals surface area contributed by atoms with Gasteiger partial charge in [0.15, 0.2) is 0 Å². The third-order valence-corrected chi connectivity index (χ3v) is 4.75. The summed E-state index contributed by atoms with van der Waals surface area (Å²) in [6, 6.07) is 11.1. The first-order valence-electron chi connectivity index (χ1n) is 8.86. The second-order valence-electron chi connectivity index (χ2n) is 7.93. The summed E-state index contributed by atoms with van der Waals surface area (Å²) in [6.07, 6.45) is 0. The van der Waals surface area contributed by atoms with Gasteiger partial charge in [0.1, 0.15) is 5.76 Å². The predicted octanol–water partition coefficient (Wildman–Crippen LogP) is 3.60. The Morgan fingerprint density at radius 1 is 0.958 bits per heavy atom. The van der Waals surface area contributed by atoms with E-state index in [0.717, 1.165) is 50.7 Å². The number of aromatic nitrogens is 1. The zero-order valence-electron chi connectivity index (χ0n) is 15.4. The number of piperazine rings is 1. The highest BCUT2D eigenvalue weighted by Crippen LogP contribution is 2.22. The number of aryl methyl sites for hydroxylation is 1. The fraction of sp³-hybridized carbons (Fsp3) is 0.550. The molecule has 4 heteroatoms. The molecule has 1 aromatic carbocycles. The lowest BCUT2D eigenvalue weighted by Gasteiger charge is -2.34. The molecule has 0 aliphatic carbocycles. The molecular weight excluding hydrogens is 298 g/mol. The average Bonchev–Trinajstić information content (AvgIpc) is 2.94. The Morgan fingerprint density at radius 2 is 1.54 bits per heavy atom. The summed E-state index contributed by atoms with van der Waals surface area (Å²) >= 11 is 0. The standard InChI is InChI=1S/C20H29N3O/c1-16-13-19(21-24-16)15-23-11-9-22(10-12-23)14-17-5-7-18(8-6-17)20(2,3)4/h5-8,13H,9-12,14-15H2,1-4H3. The third-order valence-electron chi connectivity index (χ3n) is 4.75. The molecule has 0 unspecified atom stereocenters. The van der Waals surface area contributed by atoms with Crippen molar-refractivity contribution in [3.63, 3.8) is 0 Å². The Hall–Kier alpha value is -1.65. The molecule has 2 aromatic rings. The van der Waals surface area contributed by atoms with Crippen LogP contribution in [0.3, 0.4) is 0 Å². The monoisotopic (exact) mass is 327 g/mol. The maximum absolute atomic E-state index is 5.15. The van der Waals surface area contributed by atoms with Crippen LogP contribution in [0.25, 0.3) is 0 Å². The van der Waals surface area contributed by atoms with E-state index in [9.17, 15) is 0 Å². The molecule has 0 spiro atoms. The fourth-order valence-corrected chi connectivity index (χ4v) is 3.20. The van der Waals surface area contributed by atoms with Crippen LogP contribution in [0, 0.1) is 6.92 Å². The van der Waals surface area contributed by atoms with Crippen molar-refractivity contribution in [3.8, 4) is 0 Å². The molecule has 0 atom stereocenters. The van der Waals surface area contributed by atoms with Crippen LogP contribution in [0.4, 0.5) is 0 Å². The van der Waals surface area contributed by atoms with E-state index in [1.165, 1.54) is 11.1 Å². The van der Waals surface area contributed by atoms with Crippen LogP contribution in [0.15, 0.2) is 34.9 Å². The molecule has 0 bridgehead atoms. The van der Waals surface area contributed by atoms with E-state index < -0.39 is 0 Å². The number of rotatable bonds is 4. The van der Waals surface area contributed by atoms with Gasteiger partial charge in [-0.15, -0.1) is 0 Å². The third kappa shape index (κ3) is 4.46. The second kappa shape index (κ2) is 7.08. The van der Waals surface area contributed by atoms with Crippen LogP contribution < -0.4 is 0 Å². The molecule has 0 saturated carbocycles. The van der Waals surface area contributed by atoms with Gasteiger partial charge < -0.3 is 4.52 Å². The quantitative estimate of drug-likeness (QED) is 0.859. The summed E-state index contributed by atoms with van der Waals surface area (Å²) in [5.41, 5.74) is 4.07. The Balaban J connectivity index is 1.48. The van der Waals surface area contributed by atoms with E-state index in [2.05, 4.69) is 60.0 Å². The Labute approximate surface area is 145 Å². The Kier molecular flexibility index (Phi) is 5.07. The molecule has 3 rings (SSSR count). The lowest BCUT2D eigenvalue weighted by atomic mass is 9.87. The number of hydrogen-bond donors (Lipinski definition) is 0. The van der Waals surface area contributed by atoms with Crippen molar-refractivity contribution in [3.05, 3.63) is 52.9 Å². The van der Waals surface area contributed by atoms with E-state index in [1.54, 1.807) is 0 Å². The highest BCUT2D eigenvalue weighted by molar-refractivity contribution is 5.27. The predicted molar refractivity (Wildman–Crippen MR) is 96.9 cm³/mol. The SMILES string of the molecule is Cc1cc(CN2CCN(Cc3ccc(C(C)(C)C)cc3)CC2)no1. The van der Waals surface area contributed by atoms with Crippen molar-refractivity contribution in [2.45, 2.75) is 46.2 Å². The lowest BCUT2D eigenvalue weighted by molar-refractivity contribution is 0.120. The minimum Gasteiger partial charge on any atom is -0.361 e. The smallest absolute Gasteiger partial charge is 0.133 e. The molecule has 24 heavy (non-hydrogen) atoms. The molecule has 0 radical (unpaired) electrons. The van der Waals surface area contributed by atoms with Gasteiger partial charge >= 0.3 is 0 Å². The molecule has 1 aliphatic rings. The molecule has 2 heterocycles. The Morgan fingerprint density at radius 3 is 2.04 bits per heavy atom. The maximum Gasteiger partial charge on any atom is 0.133 e. The Bertz CT molecular complexity index is 646. The first-order chi connectivity index (χ1) is 11.4. The second-order valence-corrected chi connectivity index (χ2v) is 7.93. The summed E-state index contributed by atoms with van der Waals surface area (Å²) in [5.74, 6) is 0.891. The largest absolute Gasteiger partial charge is 0.361 e. The number of nitrogens with zero attached hydrogens (tertiary/aromatic N) is 3. The van der Waals surface area contributed by atoms with Crippen molar-refractivity contribution in [2.75, 3.05) is 26.2 Å². The van der Waals surface area contributed by atoms with Crippen LogP contribution >= 0.6 is 0 Å². The summed E-state index contributed by atoms with van der Waals surface area (Å²) in [6.45, 7) is 15.1. The van der Waals surface area contributed by atoms with Crippen molar-refractivity contribution < 1.29 is 4.52 Å². The van der Waals surface area contributed by atoms with Gasteiger partial charge in [-0.1, -0.05) is 50.2 Å². The van der Waals surface area contributed by atoms with Crippen molar-refractivity contribution in [2.24, 2.45) is 0 Å². The zero-order valence-corrected chi connectivity index (χ0v) is 15.4. The van der Waals surface area contributed by atoms with E-state index in [4.69, 9.17) is 4.52 Å². The van der Waals surface area contributed by atoms with Crippen LogP contribution in [-0.2, 0) is 18.5 Å². The van der Waals surface area contributed by atoms with Gasteiger partial charge in [0.05, 0.1) is 5.69 Å². The molecule has 1 saturated heterocycles. The van der Waals surface area contributed by atoms with E-state index in [-0.39, 0.29) is 5.41 Å². The highest BCUT2D eigenvalue weighted by atomic mass is 16.5. The minimum absolute atomic E-state index is 0.226. The first-order valence-corrected chi connectivity index (χ1v) is 8.86. The van der Waals surface area contributed by atoms with Gasteiger partial charge in [-0.25, -0.2) is 0 Å². The molecule has 0 N–H and O–H groups in total. The molecule has 1 fully saturated rings. The van der Waals surface area contributed by atoms with Gasteiger partial charge in [-0.3, -0.25) is 9.80 Å². The number of benzene rings is 1. The van der Waals surface area contributed by atoms with Crippen LogP contribution in [0.5, 0.6) is 0 Å². The molecule has 1 aromatic heterocycles. The van der Waals surface area contributed by atoms with Crippen molar-refractivity contribution in [1.82, 2.24) is 15.0 Å². The van der Waals surface area contributed by atoms with Crippen LogP contribution in [-0.4, -0.2) is 41.1 Å². The summed E-state index contributed by atoms with van der Waals surface area (Å²) in [7, 11) is 0. The van der Waals surface area contributed by atoms with Crippen LogP contribution in [0.1, 0.15) is 43.4 Å². The van der Waals surface area contributed by atoms with Gasteiger partial charge in [0.2, 0.25) is 0 Å². The van der Waals surface area contributed by atoms with Gasteiger partial charge in [-0.05, 0) is 23.5 Å². The molecule has 4 nitrogen and oxygen atoms in total. The van der Waals surface area contributed by atoms with Crippen LogP contribution in [0.2, 0.25) is 0 Å². The first kappa shape index (κ1) is 17.2. The lowest BCUT2D eigenvalue weighted by Crippen LogP contribution is -2.45. The fourth-order valence-electron chi connectivity index (χ4n) is 3.20. The summed E-state index contributed by atoms with van der Waals surface area (Å²) in [4.78, 5) is 4.99. The molecule has 1 aliphatic heterocycles. The van der Waals surface area contributed by atoms with E-state index in [0.29, 0.717) is 0 Å². The molecule has 0 amide bonds. The minimum atomic E-state index is 0.226. The summed E-state index contributed by atoms with van der Waals surface area (Å²) in [5, 5.41) is 4.09. The summed E-state index contributed by atoms with van der Waals surface area (Å²) < 4.78 is 5.15. The average molecular weight is 327 g/mol. The molecule has 130 valence electrons. The van der Waals surface area contributed by atoms with Gasteiger partial charge in [0.25, 0.3) is 0 Å². The van der Waals surface area contributed by atoms with Crippen molar-refractivity contribution >= 4 is 0 Å². The van der Waals surface area contributed by atoms with E-state index >= 15 is 0 Å². The highest BCUT2D eigenvalue weighted by Gasteiger charge is 2.18.